The fraction of sp³-hybridized carbons (Fsp3) is 0.857. The molecule has 1 saturated carbocycles. The van der Waals surface area contributed by atoms with Crippen molar-refractivity contribution in [3.63, 3.8) is 0 Å². The monoisotopic (exact) mass is 252 g/mol. The smallest absolute Gasteiger partial charge is 0.249 e. The highest BCUT2D eigenvalue weighted by Crippen LogP contribution is 2.45. The van der Waals surface area contributed by atoms with E-state index in [9.17, 15) is 9.59 Å². The van der Waals surface area contributed by atoms with Crippen LogP contribution in [0.25, 0.3) is 0 Å². The molecule has 2 fully saturated rings. The first kappa shape index (κ1) is 13.4. The summed E-state index contributed by atoms with van der Waals surface area (Å²) in [5.74, 6) is 0.567. The van der Waals surface area contributed by atoms with Crippen LogP contribution in [0.15, 0.2) is 0 Å². The lowest BCUT2D eigenvalue weighted by molar-refractivity contribution is -0.161. The summed E-state index contributed by atoms with van der Waals surface area (Å²) >= 11 is 0. The number of carbonyl (C=O) groups excluding carboxylic acids is 2. The Hall–Kier alpha value is -1.06. The molecule has 4 nitrogen and oxygen atoms in total. The van der Waals surface area contributed by atoms with E-state index in [0.717, 1.165) is 12.8 Å². The van der Waals surface area contributed by atoms with Gasteiger partial charge in [-0.15, -0.1) is 0 Å². The third kappa shape index (κ3) is 1.82. The normalized spacial score (nSPS) is 33.6. The lowest BCUT2D eigenvalue weighted by Crippen LogP contribution is -2.72. The van der Waals surface area contributed by atoms with E-state index in [1.54, 1.807) is 0 Å². The van der Waals surface area contributed by atoms with Crippen LogP contribution >= 0.6 is 0 Å². The minimum Gasteiger partial charge on any atom is -0.340 e. The zero-order chi connectivity index (χ0) is 13.7. The van der Waals surface area contributed by atoms with Gasteiger partial charge in [0.25, 0.3) is 0 Å². The van der Waals surface area contributed by atoms with E-state index in [1.807, 2.05) is 25.7 Å². The topological polar surface area (TPSA) is 49.4 Å². The number of nitrogens with one attached hydrogen (secondary N) is 1. The van der Waals surface area contributed by atoms with E-state index in [-0.39, 0.29) is 23.4 Å². The molecule has 0 aromatic rings. The summed E-state index contributed by atoms with van der Waals surface area (Å²) in [6.45, 7) is 9.78. The van der Waals surface area contributed by atoms with Crippen LogP contribution in [0.4, 0.5) is 0 Å². The fourth-order valence-corrected chi connectivity index (χ4v) is 2.98. The van der Waals surface area contributed by atoms with Crippen molar-refractivity contribution in [2.24, 2.45) is 5.92 Å². The van der Waals surface area contributed by atoms with Gasteiger partial charge in [0.15, 0.2) is 0 Å². The number of piperazine rings is 1. The average Bonchev–Trinajstić information content (AvgIpc) is 3.10. The van der Waals surface area contributed by atoms with Gasteiger partial charge < -0.3 is 10.2 Å². The maximum atomic E-state index is 12.7. The van der Waals surface area contributed by atoms with Gasteiger partial charge in [0, 0.05) is 5.54 Å². The Morgan fingerprint density at radius 3 is 2.39 bits per heavy atom. The van der Waals surface area contributed by atoms with Gasteiger partial charge in [0.05, 0.1) is 0 Å². The number of carbonyl (C=O) groups is 2. The number of rotatable bonds is 3. The standard InChI is InChI=1S/C14H24N2O2/c1-6-14(5)12(18)16(9(2)11(17)15-14)13(3,4)10-7-8-10/h9-10H,6-8H2,1-5H3,(H,15,17). The Bertz CT molecular complexity index is 387. The molecule has 0 aromatic carbocycles. The maximum Gasteiger partial charge on any atom is 0.249 e. The second kappa shape index (κ2) is 3.97. The Morgan fingerprint density at radius 2 is 1.94 bits per heavy atom. The molecule has 2 unspecified atom stereocenters. The Morgan fingerprint density at radius 1 is 1.39 bits per heavy atom. The lowest BCUT2D eigenvalue weighted by atomic mass is 9.85. The molecule has 1 aliphatic carbocycles. The van der Waals surface area contributed by atoms with E-state index >= 15 is 0 Å². The number of amides is 2. The van der Waals surface area contributed by atoms with Crippen molar-refractivity contribution in [1.29, 1.82) is 0 Å². The van der Waals surface area contributed by atoms with Crippen molar-refractivity contribution in [2.75, 3.05) is 0 Å². The van der Waals surface area contributed by atoms with Crippen LogP contribution in [0.1, 0.15) is 53.9 Å². The highest BCUT2D eigenvalue weighted by atomic mass is 16.2. The molecule has 1 heterocycles. The van der Waals surface area contributed by atoms with Crippen molar-refractivity contribution >= 4 is 11.8 Å². The summed E-state index contributed by atoms with van der Waals surface area (Å²) in [7, 11) is 0. The predicted molar refractivity (Wildman–Crippen MR) is 69.9 cm³/mol. The highest BCUT2D eigenvalue weighted by Gasteiger charge is 2.54. The van der Waals surface area contributed by atoms with E-state index in [0.29, 0.717) is 12.3 Å². The first-order valence-electron chi connectivity index (χ1n) is 6.90. The van der Waals surface area contributed by atoms with E-state index in [2.05, 4.69) is 19.2 Å². The van der Waals surface area contributed by atoms with Gasteiger partial charge in [-0.1, -0.05) is 6.92 Å². The Labute approximate surface area is 109 Å². The first-order chi connectivity index (χ1) is 8.24. The number of hydrogen-bond donors (Lipinski definition) is 1. The largest absolute Gasteiger partial charge is 0.340 e. The van der Waals surface area contributed by atoms with E-state index in [4.69, 9.17) is 0 Å². The van der Waals surface area contributed by atoms with Gasteiger partial charge in [0.2, 0.25) is 11.8 Å². The summed E-state index contributed by atoms with van der Waals surface area (Å²) < 4.78 is 0. The van der Waals surface area contributed by atoms with Crippen LogP contribution in [0.5, 0.6) is 0 Å². The van der Waals surface area contributed by atoms with Crippen LogP contribution in [0.3, 0.4) is 0 Å². The molecule has 0 radical (unpaired) electrons. The van der Waals surface area contributed by atoms with Crippen molar-refractivity contribution in [3.8, 4) is 0 Å². The SMILES string of the molecule is CCC1(C)NC(=O)C(C)N(C(C)(C)C2CC2)C1=O. The summed E-state index contributed by atoms with van der Waals surface area (Å²) in [6.07, 6.45) is 2.95. The molecule has 2 atom stereocenters. The molecule has 2 rings (SSSR count). The van der Waals surface area contributed by atoms with Crippen molar-refractivity contribution in [3.05, 3.63) is 0 Å². The molecule has 0 bridgehead atoms. The molecular weight excluding hydrogens is 228 g/mol. The number of hydrogen-bond acceptors (Lipinski definition) is 2. The first-order valence-corrected chi connectivity index (χ1v) is 6.90. The second-order valence-corrected chi connectivity index (χ2v) is 6.45. The van der Waals surface area contributed by atoms with Crippen LogP contribution in [-0.2, 0) is 9.59 Å². The van der Waals surface area contributed by atoms with Crippen LogP contribution < -0.4 is 5.32 Å². The van der Waals surface area contributed by atoms with Gasteiger partial charge in [-0.3, -0.25) is 9.59 Å². The third-order valence-electron chi connectivity index (χ3n) is 4.76. The van der Waals surface area contributed by atoms with E-state index in [1.165, 1.54) is 0 Å². The fourth-order valence-electron chi connectivity index (χ4n) is 2.98. The van der Waals surface area contributed by atoms with Crippen LogP contribution in [0.2, 0.25) is 0 Å². The van der Waals surface area contributed by atoms with Gasteiger partial charge >= 0.3 is 0 Å². The molecule has 18 heavy (non-hydrogen) atoms. The molecular formula is C14H24N2O2. The molecule has 1 saturated heterocycles. The summed E-state index contributed by atoms with van der Waals surface area (Å²) in [5, 5.41) is 2.87. The molecule has 2 amide bonds. The van der Waals surface area contributed by atoms with Crippen LogP contribution in [0, 0.1) is 5.92 Å². The zero-order valence-corrected chi connectivity index (χ0v) is 12.0. The minimum atomic E-state index is -0.740. The maximum absolute atomic E-state index is 12.7. The Balaban J connectivity index is 2.36. The van der Waals surface area contributed by atoms with Crippen molar-refractivity contribution in [1.82, 2.24) is 10.2 Å². The minimum absolute atomic E-state index is 0.0346. The third-order valence-corrected chi connectivity index (χ3v) is 4.76. The second-order valence-electron chi connectivity index (χ2n) is 6.45. The molecule has 102 valence electrons. The van der Waals surface area contributed by atoms with Gasteiger partial charge in [0.1, 0.15) is 11.6 Å². The molecule has 4 heteroatoms. The van der Waals surface area contributed by atoms with Gasteiger partial charge in [-0.25, -0.2) is 0 Å². The predicted octanol–water partition coefficient (Wildman–Crippen LogP) is 1.69. The summed E-state index contributed by atoms with van der Waals surface area (Å²) in [6, 6.07) is -0.368. The lowest BCUT2D eigenvalue weighted by Gasteiger charge is -2.50. The molecule has 1 aliphatic heterocycles. The van der Waals surface area contributed by atoms with Crippen LogP contribution in [-0.4, -0.2) is 33.8 Å². The van der Waals surface area contributed by atoms with Gasteiger partial charge in [-0.2, -0.15) is 0 Å². The quantitative estimate of drug-likeness (QED) is 0.831. The summed E-state index contributed by atoms with van der Waals surface area (Å²) in [4.78, 5) is 26.7. The highest BCUT2D eigenvalue weighted by molar-refractivity contribution is 5.99. The average molecular weight is 252 g/mol. The van der Waals surface area contributed by atoms with E-state index < -0.39 is 5.54 Å². The van der Waals surface area contributed by atoms with Gasteiger partial charge in [-0.05, 0) is 52.9 Å². The van der Waals surface area contributed by atoms with Crippen molar-refractivity contribution < 1.29 is 9.59 Å². The molecule has 0 aromatic heterocycles. The zero-order valence-electron chi connectivity index (χ0n) is 12.0. The summed E-state index contributed by atoms with van der Waals surface area (Å²) in [5.41, 5.74) is -0.958. The Kier molecular flexibility index (Phi) is 2.95. The molecule has 0 spiro atoms. The molecule has 1 N–H and O–H groups in total. The molecule has 2 aliphatic rings. The number of nitrogens with zero attached hydrogens (tertiary/aromatic N) is 1. The van der Waals surface area contributed by atoms with Crippen molar-refractivity contribution in [2.45, 2.75) is 71.0 Å².